The number of nitrogens with zero attached hydrogens (tertiary/aromatic N) is 6. The van der Waals surface area contributed by atoms with E-state index in [1.54, 1.807) is 71.4 Å². The summed E-state index contributed by atoms with van der Waals surface area (Å²) in [6.45, 7) is 0. The lowest BCUT2D eigenvalue weighted by Gasteiger charge is -2.18. The molecule has 202 valence electrons. The fourth-order valence-electron chi connectivity index (χ4n) is 4.02. The van der Waals surface area contributed by atoms with Gasteiger partial charge in [0, 0.05) is 18.5 Å². The third-order valence-electron chi connectivity index (χ3n) is 5.80. The van der Waals surface area contributed by atoms with Gasteiger partial charge < -0.3 is 23.7 Å². The Kier molecular flexibility index (Phi) is 7.04. The molecule has 0 radical (unpaired) electrons. The van der Waals surface area contributed by atoms with Crippen molar-refractivity contribution in [3.8, 4) is 34.6 Å². The highest BCUT2D eigenvalue weighted by molar-refractivity contribution is 7.92. The number of fused-ring (bicyclic) bond motifs is 1. The van der Waals surface area contributed by atoms with Crippen LogP contribution in [0, 0.1) is 0 Å². The van der Waals surface area contributed by atoms with Crippen LogP contribution in [0.3, 0.4) is 0 Å². The average molecular weight is 552 g/mol. The Hall–Kier alpha value is -4.69. The highest BCUT2D eigenvalue weighted by atomic mass is 32.2. The topological polar surface area (TPSA) is 155 Å². The molecule has 0 saturated carbocycles. The Morgan fingerprint density at radius 1 is 0.923 bits per heavy atom. The maximum atomic E-state index is 13.3. The number of para-hydroxylation sites is 1. The van der Waals surface area contributed by atoms with E-state index in [1.807, 2.05) is 0 Å². The van der Waals surface area contributed by atoms with Crippen LogP contribution >= 0.6 is 0 Å². The predicted molar refractivity (Wildman–Crippen MR) is 142 cm³/mol. The second-order valence-corrected chi connectivity index (χ2v) is 10.1. The van der Waals surface area contributed by atoms with Gasteiger partial charge in [0.15, 0.2) is 5.82 Å². The van der Waals surface area contributed by atoms with Crippen molar-refractivity contribution in [2.75, 3.05) is 31.8 Å². The number of benzene rings is 1. The number of hydrogen-bond donors (Lipinski definition) is 2. The number of aliphatic hydroxyl groups excluding tert-OH is 1. The Bertz CT molecular complexity index is 1680. The molecular formula is C25H25N7O6S. The van der Waals surface area contributed by atoms with Gasteiger partial charge in [0.25, 0.3) is 0 Å². The van der Waals surface area contributed by atoms with Gasteiger partial charge in [-0.2, -0.15) is 0 Å². The fraction of sp³-hybridized carbons (Fsp3) is 0.200. The summed E-state index contributed by atoms with van der Waals surface area (Å²) in [6.07, 6.45) is 1.92. The summed E-state index contributed by atoms with van der Waals surface area (Å²) in [4.78, 5) is 8.73. The Balaban J connectivity index is 1.56. The van der Waals surface area contributed by atoms with E-state index in [-0.39, 0.29) is 17.5 Å². The molecule has 0 spiro atoms. The second-order valence-electron chi connectivity index (χ2n) is 8.29. The molecule has 1 aromatic carbocycles. The van der Waals surface area contributed by atoms with Crippen molar-refractivity contribution in [1.29, 1.82) is 0 Å². The first-order chi connectivity index (χ1) is 18.8. The number of anilines is 1. The van der Waals surface area contributed by atoms with E-state index >= 15 is 0 Å². The number of hydrogen-bond acceptors (Lipinski definition) is 10. The van der Waals surface area contributed by atoms with Gasteiger partial charge in [-0.05, 0) is 30.3 Å². The summed E-state index contributed by atoms with van der Waals surface area (Å²) in [5, 5.41) is 19.0. The first-order valence-electron chi connectivity index (χ1n) is 11.6. The summed E-state index contributed by atoms with van der Waals surface area (Å²) in [6, 6.07) is 15.5. The predicted octanol–water partition coefficient (Wildman–Crippen LogP) is 2.48. The molecule has 0 amide bonds. The summed E-state index contributed by atoms with van der Waals surface area (Å²) in [5.74, 6) is 0.396. The lowest BCUT2D eigenvalue weighted by molar-refractivity contribution is 0.197. The lowest BCUT2D eigenvalue weighted by Crippen LogP contribution is -2.24. The van der Waals surface area contributed by atoms with Crippen LogP contribution in [0.15, 0.2) is 67.0 Å². The Labute approximate surface area is 223 Å². The van der Waals surface area contributed by atoms with Gasteiger partial charge in [-0.15, -0.1) is 10.2 Å². The number of pyridine rings is 2. The molecule has 0 bridgehead atoms. The van der Waals surface area contributed by atoms with Gasteiger partial charge in [0.2, 0.25) is 21.9 Å². The van der Waals surface area contributed by atoms with Crippen molar-refractivity contribution in [1.82, 2.24) is 29.1 Å². The van der Waals surface area contributed by atoms with Crippen molar-refractivity contribution < 1.29 is 27.7 Å². The molecule has 39 heavy (non-hydrogen) atoms. The molecule has 4 aromatic heterocycles. The number of sulfonamides is 1. The number of ether oxygens (including phenoxy) is 3. The molecule has 5 rings (SSSR count). The molecule has 4 heterocycles. The Morgan fingerprint density at radius 3 is 2.36 bits per heavy atom. The van der Waals surface area contributed by atoms with Gasteiger partial charge in [0.05, 0.1) is 27.0 Å². The van der Waals surface area contributed by atoms with Crippen molar-refractivity contribution in [3.63, 3.8) is 0 Å². The Morgan fingerprint density at radius 2 is 1.67 bits per heavy atom. The monoisotopic (exact) mass is 551 g/mol. The molecule has 1 atom stereocenters. The zero-order valence-electron chi connectivity index (χ0n) is 21.2. The van der Waals surface area contributed by atoms with E-state index in [2.05, 4.69) is 24.9 Å². The number of rotatable bonds is 10. The van der Waals surface area contributed by atoms with Gasteiger partial charge in [0.1, 0.15) is 40.4 Å². The smallest absolute Gasteiger partial charge is 0.243 e. The third-order valence-corrected chi connectivity index (χ3v) is 7.05. The first-order valence-corrected chi connectivity index (χ1v) is 13.3. The molecule has 13 nitrogen and oxygen atoms in total. The molecule has 0 aliphatic carbocycles. The quantitative estimate of drug-likeness (QED) is 0.264. The molecule has 14 heteroatoms. The van der Waals surface area contributed by atoms with Crippen molar-refractivity contribution in [3.05, 3.63) is 72.7 Å². The minimum atomic E-state index is -4.17. The summed E-state index contributed by atoms with van der Waals surface area (Å²) >= 11 is 0. The van der Waals surface area contributed by atoms with Crippen molar-refractivity contribution >= 4 is 21.6 Å². The normalized spacial score (nSPS) is 12.3. The first kappa shape index (κ1) is 25.9. The maximum absolute atomic E-state index is 13.3. The zero-order valence-corrected chi connectivity index (χ0v) is 22.0. The standard InChI is InChI=1S/C25H25N7O6S/c1-36-19-9-7-10-20(37-2)23(19)32-24(16-8-6-12-22(27-16)38-3)28-29-25(32)30-39(34,35)15-18(33)17-14-31-13-5-4-11-21(31)26-17/h4-14,18,33H,15H2,1-3H3,(H,29,30)/t18-/m1/s1. The average Bonchev–Trinajstić information content (AvgIpc) is 3.56. The van der Waals surface area contributed by atoms with Crippen LogP contribution in [0.4, 0.5) is 5.95 Å². The van der Waals surface area contributed by atoms with E-state index in [9.17, 15) is 13.5 Å². The fourth-order valence-corrected chi connectivity index (χ4v) is 5.10. The SMILES string of the molecule is COc1cccc(-c2nnc(NS(=O)(=O)C[C@@H](O)c3cn4ccccc4n3)n2-c2c(OC)cccc2OC)n1. The minimum Gasteiger partial charge on any atom is -0.494 e. The van der Waals surface area contributed by atoms with E-state index in [4.69, 9.17) is 14.2 Å². The van der Waals surface area contributed by atoms with Crippen LogP contribution in [0.2, 0.25) is 0 Å². The molecule has 0 fully saturated rings. The van der Waals surface area contributed by atoms with Crippen LogP contribution in [0.1, 0.15) is 11.8 Å². The second kappa shape index (κ2) is 10.6. The third kappa shape index (κ3) is 5.19. The highest BCUT2D eigenvalue weighted by Crippen LogP contribution is 2.37. The number of methoxy groups -OCH3 is 3. The number of aliphatic hydroxyl groups is 1. The van der Waals surface area contributed by atoms with E-state index < -0.39 is 21.9 Å². The molecule has 0 aliphatic rings. The van der Waals surface area contributed by atoms with Crippen molar-refractivity contribution in [2.45, 2.75) is 6.10 Å². The minimum absolute atomic E-state index is 0.167. The van der Waals surface area contributed by atoms with E-state index in [0.29, 0.717) is 34.4 Å². The zero-order chi connectivity index (χ0) is 27.6. The van der Waals surface area contributed by atoms with Gasteiger partial charge in [-0.25, -0.2) is 18.4 Å². The van der Waals surface area contributed by atoms with Gasteiger partial charge in [-0.3, -0.25) is 9.29 Å². The molecule has 0 unspecified atom stereocenters. The molecular weight excluding hydrogens is 526 g/mol. The van der Waals surface area contributed by atoms with E-state index in [1.165, 1.54) is 25.9 Å². The van der Waals surface area contributed by atoms with Crippen LogP contribution in [-0.4, -0.2) is 69.7 Å². The van der Waals surface area contributed by atoms with Crippen LogP contribution in [0.25, 0.3) is 22.9 Å². The number of nitrogens with one attached hydrogen (secondary N) is 1. The van der Waals surface area contributed by atoms with Crippen LogP contribution in [-0.2, 0) is 10.0 Å². The summed E-state index contributed by atoms with van der Waals surface area (Å²) in [5.41, 5.74) is 1.48. The van der Waals surface area contributed by atoms with Gasteiger partial charge in [-0.1, -0.05) is 18.2 Å². The molecule has 0 aliphatic heterocycles. The largest absolute Gasteiger partial charge is 0.494 e. The number of aromatic nitrogens is 6. The molecule has 5 aromatic rings. The summed E-state index contributed by atoms with van der Waals surface area (Å²) in [7, 11) is 0.257. The van der Waals surface area contributed by atoms with Gasteiger partial charge >= 0.3 is 0 Å². The molecule has 0 saturated heterocycles. The molecule has 2 N–H and O–H groups in total. The summed E-state index contributed by atoms with van der Waals surface area (Å²) < 4.78 is 48.4. The van der Waals surface area contributed by atoms with Crippen LogP contribution in [0.5, 0.6) is 17.4 Å². The van der Waals surface area contributed by atoms with E-state index in [0.717, 1.165) is 0 Å². The maximum Gasteiger partial charge on any atom is 0.243 e. The van der Waals surface area contributed by atoms with Crippen LogP contribution < -0.4 is 18.9 Å². The van der Waals surface area contributed by atoms with Crippen molar-refractivity contribution in [2.24, 2.45) is 0 Å². The number of imidazole rings is 1. The lowest BCUT2D eigenvalue weighted by atomic mass is 10.2. The highest BCUT2D eigenvalue weighted by Gasteiger charge is 2.28.